The summed E-state index contributed by atoms with van der Waals surface area (Å²) in [5, 5.41) is 3.48. The monoisotopic (exact) mass is 296 g/mol. The van der Waals surface area contributed by atoms with E-state index in [1.165, 1.54) is 37.3 Å². The average molecular weight is 297 g/mol. The molecule has 2 atom stereocenters. The van der Waals surface area contributed by atoms with Gasteiger partial charge >= 0.3 is 0 Å². The molecule has 0 bridgehead atoms. The third-order valence-corrected chi connectivity index (χ3v) is 4.47. The van der Waals surface area contributed by atoms with E-state index >= 15 is 0 Å². The second-order valence-corrected chi connectivity index (χ2v) is 6.06. The van der Waals surface area contributed by atoms with Gasteiger partial charge in [0.2, 0.25) is 0 Å². The van der Waals surface area contributed by atoms with Crippen LogP contribution < -0.4 is 10.1 Å². The van der Waals surface area contributed by atoms with Gasteiger partial charge in [0.05, 0.1) is 0 Å². The Morgan fingerprint density at radius 2 is 1.90 bits per heavy atom. The van der Waals surface area contributed by atoms with Gasteiger partial charge in [-0.2, -0.15) is 0 Å². The molecule has 0 aromatic heterocycles. The summed E-state index contributed by atoms with van der Waals surface area (Å²) < 4.78 is 5.94. The summed E-state index contributed by atoms with van der Waals surface area (Å²) in [6.45, 7) is 11.0. The normalized spacial score (nSPS) is 25.3. The summed E-state index contributed by atoms with van der Waals surface area (Å²) >= 11 is 0. The quantitative estimate of drug-likeness (QED) is 0.922. The highest BCUT2D eigenvalue weighted by atomic mass is 35.5. The molecule has 3 nitrogen and oxygen atoms in total. The number of nitrogens with zero attached hydrogens (tertiary/aromatic N) is 1. The van der Waals surface area contributed by atoms with Gasteiger partial charge in [-0.3, -0.25) is 4.90 Å². The Labute approximate surface area is 128 Å². The van der Waals surface area contributed by atoms with E-state index in [1.807, 2.05) is 0 Å². The Morgan fingerprint density at radius 3 is 2.60 bits per heavy atom. The van der Waals surface area contributed by atoms with Crippen molar-refractivity contribution >= 4 is 12.4 Å². The molecule has 0 radical (unpaired) electrons. The first-order valence-electron chi connectivity index (χ1n) is 7.35. The van der Waals surface area contributed by atoms with Gasteiger partial charge in [0.25, 0.3) is 0 Å². The molecular weight excluding hydrogens is 272 g/mol. The molecule has 1 aromatic rings. The fourth-order valence-corrected chi connectivity index (χ4v) is 3.28. The van der Waals surface area contributed by atoms with E-state index in [-0.39, 0.29) is 12.4 Å². The maximum atomic E-state index is 5.94. The van der Waals surface area contributed by atoms with Crippen LogP contribution in [0.25, 0.3) is 0 Å². The Kier molecular flexibility index (Phi) is 5.30. The molecule has 4 heteroatoms. The zero-order valence-electron chi connectivity index (χ0n) is 12.4. The highest BCUT2D eigenvalue weighted by Crippen LogP contribution is 2.26. The van der Waals surface area contributed by atoms with Crippen molar-refractivity contribution in [2.75, 3.05) is 39.3 Å². The number of likely N-dealkylation sites (tertiary alicyclic amines) is 1. The van der Waals surface area contributed by atoms with Crippen molar-refractivity contribution in [1.29, 1.82) is 0 Å². The smallest absolute Gasteiger partial charge is 0.122 e. The van der Waals surface area contributed by atoms with Crippen LogP contribution in [0.5, 0.6) is 5.75 Å². The maximum Gasteiger partial charge on any atom is 0.122 e. The van der Waals surface area contributed by atoms with Crippen LogP contribution in [0.1, 0.15) is 11.1 Å². The van der Waals surface area contributed by atoms with Gasteiger partial charge in [0.15, 0.2) is 0 Å². The molecule has 2 heterocycles. The predicted octanol–water partition coefficient (Wildman–Crippen LogP) is 2.26. The number of rotatable bonds is 4. The number of hydrogen-bond acceptors (Lipinski definition) is 3. The Bertz CT molecular complexity index is 440. The van der Waals surface area contributed by atoms with Gasteiger partial charge in [0, 0.05) is 19.6 Å². The van der Waals surface area contributed by atoms with Crippen molar-refractivity contribution < 1.29 is 4.74 Å². The first-order valence-corrected chi connectivity index (χ1v) is 7.35. The summed E-state index contributed by atoms with van der Waals surface area (Å²) in [5.74, 6) is 2.79. The van der Waals surface area contributed by atoms with Crippen LogP contribution in [-0.2, 0) is 0 Å². The fraction of sp³-hybridized carbons (Fsp3) is 0.625. The predicted molar refractivity (Wildman–Crippen MR) is 84.9 cm³/mol. The lowest BCUT2D eigenvalue weighted by Gasteiger charge is -2.18. The summed E-state index contributed by atoms with van der Waals surface area (Å²) in [7, 11) is 0. The minimum Gasteiger partial charge on any atom is -0.492 e. The summed E-state index contributed by atoms with van der Waals surface area (Å²) in [4.78, 5) is 2.56. The second-order valence-electron chi connectivity index (χ2n) is 6.06. The zero-order valence-corrected chi connectivity index (χ0v) is 13.2. The zero-order chi connectivity index (χ0) is 13.2. The lowest BCUT2D eigenvalue weighted by Crippen LogP contribution is -2.29. The van der Waals surface area contributed by atoms with E-state index < -0.39 is 0 Å². The van der Waals surface area contributed by atoms with Crippen molar-refractivity contribution in [3.05, 3.63) is 29.3 Å². The number of halogens is 1. The molecule has 0 spiro atoms. The average Bonchev–Trinajstić information content (AvgIpc) is 2.94. The van der Waals surface area contributed by atoms with Gasteiger partial charge in [-0.25, -0.2) is 0 Å². The van der Waals surface area contributed by atoms with E-state index in [0.29, 0.717) is 0 Å². The van der Waals surface area contributed by atoms with Gasteiger partial charge < -0.3 is 10.1 Å². The van der Waals surface area contributed by atoms with E-state index in [0.717, 1.165) is 30.7 Å². The molecular formula is C16H25ClN2O. The lowest BCUT2D eigenvalue weighted by atomic mass is 10.0. The van der Waals surface area contributed by atoms with Crippen LogP contribution in [0.2, 0.25) is 0 Å². The highest BCUT2D eigenvalue weighted by molar-refractivity contribution is 5.85. The summed E-state index contributed by atoms with van der Waals surface area (Å²) in [5.41, 5.74) is 2.50. The number of ether oxygens (including phenoxy) is 1. The first-order chi connectivity index (χ1) is 9.22. The van der Waals surface area contributed by atoms with Crippen LogP contribution >= 0.6 is 12.4 Å². The van der Waals surface area contributed by atoms with E-state index in [9.17, 15) is 0 Å². The van der Waals surface area contributed by atoms with E-state index in [2.05, 4.69) is 42.3 Å². The molecule has 0 aliphatic carbocycles. The van der Waals surface area contributed by atoms with Crippen molar-refractivity contribution in [2.45, 2.75) is 13.8 Å². The summed E-state index contributed by atoms with van der Waals surface area (Å²) in [6.07, 6.45) is 0. The van der Waals surface area contributed by atoms with Crippen molar-refractivity contribution in [3.8, 4) is 5.75 Å². The van der Waals surface area contributed by atoms with Crippen molar-refractivity contribution in [2.24, 2.45) is 11.8 Å². The molecule has 20 heavy (non-hydrogen) atoms. The van der Waals surface area contributed by atoms with E-state index in [4.69, 9.17) is 4.74 Å². The van der Waals surface area contributed by atoms with Crippen LogP contribution in [0.4, 0.5) is 0 Å². The van der Waals surface area contributed by atoms with Crippen LogP contribution in [-0.4, -0.2) is 44.2 Å². The standard InChI is InChI=1S/C16H24N2O.ClH/c1-12-3-4-13(2)16(7-12)19-6-5-18-10-14-8-17-9-15(14)11-18;/h3-4,7,14-15,17H,5-6,8-11H2,1-2H3;1H/t14-,15+;. The molecule has 2 aliphatic heterocycles. The largest absolute Gasteiger partial charge is 0.492 e. The van der Waals surface area contributed by atoms with Crippen molar-refractivity contribution in [1.82, 2.24) is 10.2 Å². The maximum absolute atomic E-state index is 5.94. The molecule has 0 unspecified atom stereocenters. The number of nitrogens with one attached hydrogen (secondary N) is 1. The fourth-order valence-electron chi connectivity index (χ4n) is 3.28. The molecule has 1 aromatic carbocycles. The van der Waals surface area contributed by atoms with Crippen molar-refractivity contribution in [3.63, 3.8) is 0 Å². The van der Waals surface area contributed by atoms with Gasteiger partial charge in [-0.15, -0.1) is 12.4 Å². The number of fused-ring (bicyclic) bond motifs is 1. The van der Waals surface area contributed by atoms with Crippen LogP contribution in [0, 0.1) is 25.7 Å². The van der Waals surface area contributed by atoms with Gasteiger partial charge in [0.1, 0.15) is 12.4 Å². The van der Waals surface area contributed by atoms with Crippen LogP contribution in [0.15, 0.2) is 18.2 Å². The molecule has 2 aliphatic rings. The summed E-state index contributed by atoms with van der Waals surface area (Å²) in [6, 6.07) is 6.41. The first kappa shape index (κ1) is 15.6. The van der Waals surface area contributed by atoms with E-state index in [1.54, 1.807) is 0 Å². The van der Waals surface area contributed by atoms with Gasteiger partial charge in [-0.05, 0) is 56.0 Å². The lowest BCUT2D eigenvalue weighted by molar-refractivity contribution is 0.227. The molecule has 0 saturated carbocycles. The molecule has 112 valence electrons. The third kappa shape index (κ3) is 3.46. The minimum absolute atomic E-state index is 0. The molecule has 2 saturated heterocycles. The third-order valence-electron chi connectivity index (χ3n) is 4.47. The molecule has 0 amide bonds. The molecule has 3 rings (SSSR count). The Hall–Kier alpha value is -0.770. The minimum atomic E-state index is 0. The number of aryl methyl sites for hydroxylation is 2. The van der Waals surface area contributed by atoms with Gasteiger partial charge in [-0.1, -0.05) is 12.1 Å². The SMILES string of the molecule is Cc1ccc(C)c(OCCN2C[C@H]3CNC[C@H]3C2)c1.Cl. The second kappa shape index (κ2) is 6.79. The number of benzene rings is 1. The molecule has 1 N–H and O–H groups in total. The van der Waals surface area contributed by atoms with Crippen LogP contribution in [0.3, 0.4) is 0 Å². The number of hydrogen-bond donors (Lipinski definition) is 1. The highest BCUT2D eigenvalue weighted by Gasteiger charge is 2.35. The topological polar surface area (TPSA) is 24.5 Å². The molecule has 2 fully saturated rings. The Balaban J connectivity index is 0.00000147. The Morgan fingerprint density at radius 1 is 1.20 bits per heavy atom.